The minimum Gasteiger partial charge on any atom is -0.325 e. The molecular formula is C28H27FN4O3S2. The summed E-state index contributed by atoms with van der Waals surface area (Å²) in [7, 11) is -3.50. The zero-order valence-corrected chi connectivity index (χ0v) is 22.2. The van der Waals surface area contributed by atoms with Crippen LogP contribution in [0.4, 0.5) is 10.1 Å². The van der Waals surface area contributed by atoms with E-state index in [9.17, 15) is 17.6 Å². The number of aromatic nitrogens is 2. The van der Waals surface area contributed by atoms with Crippen molar-refractivity contribution in [2.45, 2.75) is 29.4 Å². The number of halogens is 1. The van der Waals surface area contributed by atoms with Gasteiger partial charge in [-0.1, -0.05) is 42.1 Å². The van der Waals surface area contributed by atoms with Crippen molar-refractivity contribution in [3.63, 3.8) is 0 Å². The Kier molecular flexibility index (Phi) is 7.92. The Balaban J connectivity index is 1.27. The monoisotopic (exact) mass is 550 g/mol. The van der Waals surface area contributed by atoms with Crippen molar-refractivity contribution in [2.75, 3.05) is 24.2 Å². The first-order valence-corrected chi connectivity index (χ1v) is 14.7. The van der Waals surface area contributed by atoms with E-state index < -0.39 is 10.0 Å². The van der Waals surface area contributed by atoms with Gasteiger partial charge >= 0.3 is 0 Å². The van der Waals surface area contributed by atoms with Crippen LogP contribution in [0.25, 0.3) is 11.3 Å². The van der Waals surface area contributed by atoms with Crippen molar-refractivity contribution in [2.24, 2.45) is 0 Å². The predicted molar refractivity (Wildman–Crippen MR) is 147 cm³/mol. The Morgan fingerprint density at radius 2 is 1.63 bits per heavy atom. The van der Waals surface area contributed by atoms with E-state index in [1.54, 1.807) is 30.5 Å². The van der Waals surface area contributed by atoms with Gasteiger partial charge in [0, 0.05) is 18.8 Å². The topological polar surface area (TPSA) is 84.3 Å². The summed E-state index contributed by atoms with van der Waals surface area (Å²) in [6.45, 7) is 1.63. The van der Waals surface area contributed by atoms with Crippen LogP contribution in [-0.4, -0.2) is 47.0 Å². The molecule has 1 aliphatic heterocycles. The molecule has 0 bridgehead atoms. The SMILES string of the molecule is O=C(CSc1ncc(-c2ccc(F)cc2)n1Cc1ccccc1)Nc1ccc(S(=O)(=O)N2CCCC2)cc1. The summed E-state index contributed by atoms with van der Waals surface area (Å²) >= 11 is 1.30. The Morgan fingerprint density at radius 1 is 0.947 bits per heavy atom. The number of nitrogens with zero attached hydrogens (tertiary/aromatic N) is 3. The molecule has 0 spiro atoms. The van der Waals surface area contributed by atoms with Crippen LogP contribution in [0.2, 0.25) is 0 Å². The number of benzene rings is 3. The van der Waals surface area contributed by atoms with Crippen molar-refractivity contribution < 1.29 is 17.6 Å². The van der Waals surface area contributed by atoms with Crippen molar-refractivity contribution >= 4 is 33.4 Å². The molecule has 1 saturated heterocycles. The van der Waals surface area contributed by atoms with E-state index in [0.717, 1.165) is 29.7 Å². The molecule has 5 rings (SSSR count). The number of carbonyl (C=O) groups is 1. The van der Waals surface area contributed by atoms with Gasteiger partial charge in [-0.3, -0.25) is 4.79 Å². The number of nitrogens with one attached hydrogen (secondary N) is 1. The fourth-order valence-corrected chi connectivity index (χ4v) is 6.65. The van der Waals surface area contributed by atoms with Crippen molar-refractivity contribution in [1.29, 1.82) is 0 Å². The standard InChI is InChI=1S/C28H27FN4O3S2/c29-23-10-8-22(9-11-23)26-18-30-28(33(26)19-21-6-2-1-3-7-21)37-20-27(34)31-24-12-14-25(15-13-24)38(35,36)32-16-4-5-17-32/h1-3,6-15,18H,4-5,16-17,19-20H2,(H,31,34). The first-order valence-electron chi connectivity index (χ1n) is 12.3. The zero-order chi connectivity index (χ0) is 26.5. The summed E-state index contributed by atoms with van der Waals surface area (Å²) in [5.74, 6) is -0.429. The third kappa shape index (κ3) is 5.98. The second-order valence-electron chi connectivity index (χ2n) is 8.98. The molecule has 1 N–H and O–H groups in total. The molecular weight excluding hydrogens is 523 g/mol. The highest BCUT2D eigenvalue weighted by Crippen LogP contribution is 2.28. The maximum atomic E-state index is 13.5. The van der Waals surface area contributed by atoms with Crippen molar-refractivity contribution in [3.8, 4) is 11.3 Å². The maximum Gasteiger partial charge on any atom is 0.243 e. The van der Waals surface area contributed by atoms with E-state index in [2.05, 4.69) is 10.3 Å². The van der Waals surface area contributed by atoms with Gasteiger partial charge in [-0.05, 0) is 72.5 Å². The van der Waals surface area contributed by atoms with Gasteiger partial charge in [0.25, 0.3) is 0 Å². The lowest BCUT2D eigenvalue weighted by Crippen LogP contribution is -2.27. The van der Waals surface area contributed by atoms with Crippen LogP contribution in [0.15, 0.2) is 95.1 Å². The molecule has 7 nitrogen and oxygen atoms in total. The quantitative estimate of drug-likeness (QED) is 0.288. The van der Waals surface area contributed by atoms with Crippen LogP contribution in [0.5, 0.6) is 0 Å². The van der Waals surface area contributed by atoms with Gasteiger partial charge in [-0.2, -0.15) is 4.31 Å². The van der Waals surface area contributed by atoms with Crippen LogP contribution in [-0.2, 0) is 21.4 Å². The van der Waals surface area contributed by atoms with Crippen LogP contribution < -0.4 is 5.32 Å². The Labute approximate surface area is 225 Å². The molecule has 2 heterocycles. The molecule has 1 amide bonds. The number of imidazole rings is 1. The minimum absolute atomic E-state index is 0.114. The normalized spacial score (nSPS) is 14.0. The fourth-order valence-electron chi connectivity index (χ4n) is 4.36. The average Bonchev–Trinajstić information content (AvgIpc) is 3.60. The maximum absolute atomic E-state index is 13.5. The molecule has 0 atom stereocenters. The van der Waals surface area contributed by atoms with Crippen LogP contribution >= 0.6 is 11.8 Å². The summed E-state index contributed by atoms with van der Waals surface area (Å²) in [5, 5.41) is 3.49. The van der Waals surface area contributed by atoms with Crippen molar-refractivity contribution in [1.82, 2.24) is 13.9 Å². The smallest absolute Gasteiger partial charge is 0.243 e. The lowest BCUT2D eigenvalue weighted by Gasteiger charge is -2.15. The molecule has 4 aromatic rings. The molecule has 0 saturated carbocycles. The highest BCUT2D eigenvalue weighted by molar-refractivity contribution is 7.99. The first-order chi connectivity index (χ1) is 18.4. The second kappa shape index (κ2) is 11.5. The minimum atomic E-state index is -3.50. The highest BCUT2D eigenvalue weighted by Gasteiger charge is 2.27. The number of amides is 1. The van der Waals surface area contributed by atoms with Crippen LogP contribution in [0.3, 0.4) is 0 Å². The van der Waals surface area contributed by atoms with E-state index in [0.29, 0.717) is 30.5 Å². The fraction of sp³-hybridized carbons (Fsp3) is 0.214. The van der Waals surface area contributed by atoms with Gasteiger partial charge in [-0.15, -0.1) is 0 Å². The molecule has 1 aromatic heterocycles. The number of carbonyl (C=O) groups excluding carboxylic acids is 1. The largest absolute Gasteiger partial charge is 0.325 e. The molecule has 0 aliphatic carbocycles. The Morgan fingerprint density at radius 3 is 2.32 bits per heavy atom. The molecule has 0 unspecified atom stereocenters. The van der Waals surface area contributed by atoms with E-state index >= 15 is 0 Å². The molecule has 1 aliphatic rings. The number of thioether (sulfide) groups is 1. The van der Waals surface area contributed by atoms with Gasteiger partial charge in [-0.25, -0.2) is 17.8 Å². The highest BCUT2D eigenvalue weighted by atomic mass is 32.2. The summed E-state index contributed by atoms with van der Waals surface area (Å²) in [4.78, 5) is 17.5. The molecule has 3 aromatic carbocycles. The van der Waals surface area contributed by atoms with Crippen LogP contribution in [0, 0.1) is 5.82 Å². The molecule has 196 valence electrons. The summed E-state index contributed by atoms with van der Waals surface area (Å²) in [5.41, 5.74) is 3.25. The third-order valence-corrected chi connectivity index (χ3v) is 9.22. The molecule has 38 heavy (non-hydrogen) atoms. The average molecular weight is 551 g/mol. The van der Waals surface area contributed by atoms with Gasteiger partial charge in [0.2, 0.25) is 15.9 Å². The predicted octanol–water partition coefficient (Wildman–Crippen LogP) is 5.25. The number of hydrogen-bond acceptors (Lipinski definition) is 5. The number of anilines is 1. The summed E-state index contributed by atoms with van der Waals surface area (Å²) in [6, 6.07) is 22.4. The number of sulfonamides is 1. The van der Waals surface area contributed by atoms with E-state index in [4.69, 9.17) is 0 Å². The molecule has 1 fully saturated rings. The summed E-state index contributed by atoms with van der Waals surface area (Å²) < 4.78 is 42.4. The number of hydrogen-bond donors (Lipinski definition) is 1. The first kappa shape index (κ1) is 26.1. The number of rotatable bonds is 9. The zero-order valence-electron chi connectivity index (χ0n) is 20.6. The second-order valence-corrected chi connectivity index (χ2v) is 11.9. The van der Waals surface area contributed by atoms with Gasteiger partial charge in [0.1, 0.15) is 5.82 Å². The molecule has 0 radical (unpaired) electrons. The van der Waals surface area contributed by atoms with Gasteiger partial charge in [0.15, 0.2) is 5.16 Å². The Bertz CT molecular complexity index is 1500. The van der Waals surface area contributed by atoms with E-state index in [1.807, 2.05) is 34.9 Å². The summed E-state index contributed by atoms with van der Waals surface area (Å²) in [6.07, 6.45) is 3.48. The molecule has 10 heteroatoms. The van der Waals surface area contributed by atoms with Crippen LogP contribution in [0.1, 0.15) is 18.4 Å². The van der Waals surface area contributed by atoms with E-state index in [1.165, 1.54) is 40.3 Å². The van der Waals surface area contributed by atoms with Gasteiger partial charge in [0.05, 0.1) is 29.1 Å². The lowest BCUT2D eigenvalue weighted by atomic mass is 10.1. The lowest BCUT2D eigenvalue weighted by molar-refractivity contribution is -0.113. The van der Waals surface area contributed by atoms with Gasteiger partial charge < -0.3 is 9.88 Å². The Hall–Kier alpha value is -3.47. The third-order valence-electron chi connectivity index (χ3n) is 6.32. The van der Waals surface area contributed by atoms with E-state index in [-0.39, 0.29) is 22.4 Å². The van der Waals surface area contributed by atoms with Crippen molar-refractivity contribution in [3.05, 3.63) is 96.4 Å².